The number of nitrogens with two attached hydrogens (primary N) is 1. The summed E-state index contributed by atoms with van der Waals surface area (Å²) in [6.07, 6.45) is 3.50. The fourth-order valence-electron chi connectivity index (χ4n) is 2.06. The molecule has 19 heavy (non-hydrogen) atoms. The fraction of sp³-hybridized carbons (Fsp3) is 0.917. The van der Waals surface area contributed by atoms with Crippen molar-refractivity contribution in [2.24, 2.45) is 5.73 Å². The van der Waals surface area contributed by atoms with Crippen LogP contribution in [0.4, 0.5) is 0 Å². The molecule has 0 aromatic carbocycles. The van der Waals surface area contributed by atoms with Crippen LogP contribution in [-0.2, 0) is 14.6 Å². The molecule has 0 aromatic heterocycles. The maximum Gasteiger partial charge on any atom is 0.221 e. The Hall–Kier alpha value is -0.330. The maximum atomic E-state index is 11.9. The van der Waals surface area contributed by atoms with Crippen molar-refractivity contribution >= 4 is 28.2 Å². The minimum Gasteiger partial charge on any atom is -0.354 e. The number of hydrogen-bond acceptors (Lipinski definition) is 4. The van der Waals surface area contributed by atoms with Crippen LogP contribution < -0.4 is 11.1 Å². The maximum absolute atomic E-state index is 11.9. The molecular formula is C12H25ClN2O3S. The van der Waals surface area contributed by atoms with Gasteiger partial charge >= 0.3 is 0 Å². The summed E-state index contributed by atoms with van der Waals surface area (Å²) in [5.74, 6) is -0.288. The van der Waals surface area contributed by atoms with E-state index in [0.717, 1.165) is 25.7 Å². The predicted octanol–water partition coefficient (Wildman–Crippen LogP) is 1.01. The van der Waals surface area contributed by atoms with E-state index in [1.807, 2.05) is 13.8 Å². The van der Waals surface area contributed by atoms with Crippen molar-refractivity contribution < 1.29 is 13.2 Å². The summed E-state index contributed by atoms with van der Waals surface area (Å²) in [6.45, 7) is 3.97. The Balaban J connectivity index is 0.00000324. The van der Waals surface area contributed by atoms with Crippen molar-refractivity contribution in [2.75, 3.05) is 12.3 Å². The van der Waals surface area contributed by atoms with Crippen LogP contribution in [0.5, 0.6) is 0 Å². The smallest absolute Gasteiger partial charge is 0.221 e. The first-order chi connectivity index (χ1) is 8.21. The van der Waals surface area contributed by atoms with Gasteiger partial charge < -0.3 is 11.1 Å². The Morgan fingerprint density at radius 2 is 1.84 bits per heavy atom. The monoisotopic (exact) mass is 312 g/mol. The molecule has 5 nitrogen and oxygen atoms in total. The van der Waals surface area contributed by atoms with Crippen molar-refractivity contribution in [1.29, 1.82) is 0 Å². The summed E-state index contributed by atoms with van der Waals surface area (Å²) in [5.41, 5.74) is 5.26. The average Bonchev–Trinajstić information content (AvgIpc) is 2.76. The Labute approximate surface area is 122 Å². The van der Waals surface area contributed by atoms with Crippen LogP contribution in [0.1, 0.15) is 46.0 Å². The SMILES string of the molecule is CC(C)(N)CNC(=O)CCS(=O)(=O)C1CCCC1.Cl. The molecule has 0 aliphatic heterocycles. The van der Waals surface area contributed by atoms with Gasteiger partial charge in [0.25, 0.3) is 0 Å². The number of carbonyl (C=O) groups excluding carboxylic acids is 1. The van der Waals surface area contributed by atoms with Crippen molar-refractivity contribution in [3.63, 3.8) is 0 Å². The molecule has 3 N–H and O–H groups in total. The Kier molecular flexibility index (Phi) is 7.32. The molecule has 1 aliphatic carbocycles. The molecule has 0 spiro atoms. The zero-order valence-corrected chi connectivity index (χ0v) is 13.3. The molecule has 114 valence electrons. The first-order valence-corrected chi connectivity index (χ1v) is 8.19. The molecule has 0 bridgehead atoms. The lowest BCUT2D eigenvalue weighted by Gasteiger charge is -2.19. The molecule has 1 fully saturated rings. The van der Waals surface area contributed by atoms with Crippen LogP contribution in [0, 0.1) is 0 Å². The fourth-order valence-corrected chi connectivity index (χ4v) is 3.92. The molecule has 0 aromatic rings. The van der Waals surface area contributed by atoms with Crippen LogP contribution in [0.2, 0.25) is 0 Å². The third-order valence-corrected chi connectivity index (χ3v) is 5.43. The van der Waals surface area contributed by atoms with E-state index in [1.165, 1.54) is 0 Å². The van der Waals surface area contributed by atoms with Crippen LogP contribution in [0.3, 0.4) is 0 Å². The molecule has 0 radical (unpaired) electrons. The van der Waals surface area contributed by atoms with Crippen LogP contribution in [0.15, 0.2) is 0 Å². The van der Waals surface area contributed by atoms with Gasteiger partial charge in [0.1, 0.15) is 0 Å². The largest absolute Gasteiger partial charge is 0.354 e. The van der Waals surface area contributed by atoms with Gasteiger partial charge in [0.2, 0.25) is 5.91 Å². The zero-order valence-electron chi connectivity index (χ0n) is 11.6. The van der Waals surface area contributed by atoms with Gasteiger partial charge in [-0.1, -0.05) is 12.8 Å². The number of carbonyl (C=O) groups is 1. The number of sulfone groups is 1. The van der Waals surface area contributed by atoms with Gasteiger partial charge in [0.15, 0.2) is 9.84 Å². The molecule has 1 saturated carbocycles. The molecular weight excluding hydrogens is 288 g/mol. The molecule has 1 aliphatic rings. The quantitative estimate of drug-likeness (QED) is 0.766. The van der Waals surface area contributed by atoms with Crippen molar-refractivity contribution in [1.82, 2.24) is 5.32 Å². The van der Waals surface area contributed by atoms with E-state index in [-0.39, 0.29) is 35.7 Å². The highest BCUT2D eigenvalue weighted by Gasteiger charge is 2.28. The summed E-state index contributed by atoms with van der Waals surface area (Å²) in [5, 5.41) is 2.43. The van der Waals surface area contributed by atoms with Crippen molar-refractivity contribution in [3.05, 3.63) is 0 Å². The van der Waals surface area contributed by atoms with Crippen LogP contribution in [-0.4, -0.2) is 37.4 Å². The molecule has 1 amide bonds. The number of hydrogen-bond donors (Lipinski definition) is 2. The summed E-state index contributed by atoms with van der Waals surface area (Å²) in [7, 11) is -3.10. The molecule has 0 atom stereocenters. The summed E-state index contributed by atoms with van der Waals surface area (Å²) < 4.78 is 23.9. The Bertz CT molecular complexity index is 384. The lowest BCUT2D eigenvalue weighted by Crippen LogP contribution is -2.45. The van der Waals surface area contributed by atoms with Gasteiger partial charge in [0, 0.05) is 18.5 Å². The third-order valence-electron chi connectivity index (χ3n) is 3.16. The van der Waals surface area contributed by atoms with E-state index in [9.17, 15) is 13.2 Å². The van der Waals surface area contributed by atoms with E-state index in [4.69, 9.17) is 5.73 Å². The number of amides is 1. The van der Waals surface area contributed by atoms with E-state index in [1.54, 1.807) is 0 Å². The molecule has 0 unspecified atom stereocenters. The van der Waals surface area contributed by atoms with Gasteiger partial charge in [-0.05, 0) is 26.7 Å². The summed E-state index contributed by atoms with van der Waals surface area (Å²) in [4.78, 5) is 11.5. The minimum atomic E-state index is -3.10. The molecule has 0 heterocycles. The van der Waals surface area contributed by atoms with Crippen molar-refractivity contribution in [3.8, 4) is 0 Å². The van der Waals surface area contributed by atoms with Crippen molar-refractivity contribution in [2.45, 2.75) is 56.7 Å². The van der Waals surface area contributed by atoms with Gasteiger partial charge in [-0.3, -0.25) is 4.79 Å². The number of halogens is 1. The van der Waals surface area contributed by atoms with Gasteiger partial charge in [-0.15, -0.1) is 12.4 Å². The molecule has 1 rings (SSSR count). The van der Waals surface area contributed by atoms with E-state index >= 15 is 0 Å². The standard InChI is InChI=1S/C12H24N2O3S.ClH/c1-12(2,13)9-14-11(15)7-8-18(16,17)10-5-3-4-6-10;/h10H,3-9,13H2,1-2H3,(H,14,15);1H. The topological polar surface area (TPSA) is 89.3 Å². The number of nitrogens with one attached hydrogen (secondary N) is 1. The highest BCUT2D eigenvalue weighted by Crippen LogP contribution is 2.25. The highest BCUT2D eigenvalue weighted by atomic mass is 35.5. The Morgan fingerprint density at radius 1 is 1.32 bits per heavy atom. The molecule has 7 heteroatoms. The second kappa shape index (κ2) is 7.45. The predicted molar refractivity (Wildman–Crippen MR) is 79.2 cm³/mol. The highest BCUT2D eigenvalue weighted by molar-refractivity contribution is 7.92. The van der Waals surface area contributed by atoms with Crippen LogP contribution in [0.25, 0.3) is 0 Å². The minimum absolute atomic E-state index is 0. The zero-order chi connectivity index (χ0) is 13.8. The van der Waals surface area contributed by atoms with E-state index in [0.29, 0.717) is 6.54 Å². The first-order valence-electron chi connectivity index (χ1n) is 6.48. The average molecular weight is 313 g/mol. The van der Waals surface area contributed by atoms with E-state index < -0.39 is 15.4 Å². The van der Waals surface area contributed by atoms with Gasteiger partial charge in [-0.2, -0.15) is 0 Å². The third kappa shape index (κ3) is 7.13. The van der Waals surface area contributed by atoms with E-state index in [2.05, 4.69) is 5.32 Å². The molecule has 0 saturated heterocycles. The lowest BCUT2D eigenvalue weighted by molar-refractivity contribution is -0.120. The second-order valence-corrected chi connectivity index (χ2v) is 8.19. The normalized spacial score (nSPS) is 17.0. The lowest BCUT2D eigenvalue weighted by atomic mass is 10.1. The summed E-state index contributed by atoms with van der Waals surface area (Å²) in [6, 6.07) is 0. The van der Waals surface area contributed by atoms with Gasteiger partial charge in [-0.25, -0.2) is 8.42 Å². The summed E-state index contributed by atoms with van der Waals surface area (Å²) >= 11 is 0. The first kappa shape index (κ1) is 18.7. The number of rotatable bonds is 6. The van der Waals surface area contributed by atoms with Gasteiger partial charge in [0.05, 0.1) is 11.0 Å². The van der Waals surface area contributed by atoms with Crippen LogP contribution >= 0.6 is 12.4 Å². The second-order valence-electron chi connectivity index (χ2n) is 5.79. The Morgan fingerprint density at radius 3 is 2.32 bits per heavy atom.